The third kappa shape index (κ3) is 2.54. The number of hydrogen-bond donors (Lipinski definition) is 1. The molecular formula is C16H26N2. The fourth-order valence-corrected chi connectivity index (χ4v) is 3.11. The molecule has 0 saturated carbocycles. The summed E-state index contributed by atoms with van der Waals surface area (Å²) in [5, 5.41) is 0. The fraction of sp³-hybridized carbons (Fsp3) is 0.625. The number of rotatable bonds is 2. The fourth-order valence-electron chi connectivity index (χ4n) is 3.11. The lowest BCUT2D eigenvalue weighted by Crippen LogP contribution is -2.48. The molecule has 1 saturated heterocycles. The largest absolute Gasteiger partial charge is 0.371 e. The maximum absolute atomic E-state index is 5.90. The lowest BCUT2D eigenvalue weighted by atomic mass is 9.74. The van der Waals surface area contributed by atoms with E-state index in [1.807, 2.05) is 0 Å². The van der Waals surface area contributed by atoms with Gasteiger partial charge < -0.3 is 10.6 Å². The van der Waals surface area contributed by atoms with Crippen molar-refractivity contribution in [1.29, 1.82) is 0 Å². The second kappa shape index (κ2) is 4.93. The third-order valence-electron chi connectivity index (χ3n) is 4.44. The quantitative estimate of drug-likeness (QED) is 0.868. The van der Waals surface area contributed by atoms with Gasteiger partial charge in [-0.25, -0.2) is 0 Å². The summed E-state index contributed by atoms with van der Waals surface area (Å²) >= 11 is 0. The molecule has 2 rings (SSSR count). The van der Waals surface area contributed by atoms with Crippen molar-refractivity contribution in [2.24, 2.45) is 17.1 Å². The van der Waals surface area contributed by atoms with Crippen LogP contribution in [0.1, 0.15) is 31.4 Å². The SMILES string of the molecule is Cc1ccc(C)c(N2CCC(CN)C(C)(C)C2)c1. The van der Waals surface area contributed by atoms with Crippen LogP contribution in [0.5, 0.6) is 0 Å². The second-order valence-electron chi connectivity index (χ2n) is 6.42. The summed E-state index contributed by atoms with van der Waals surface area (Å²) in [6, 6.07) is 6.73. The van der Waals surface area contributed by atoms with Crippen LogP contribution in [0.3, 0.4) is 0 Å². The summed E-state index contributed by atoms with van der Waals surface area (Å²) in [6.45, 7) is 12.1. The molecule has 0 spiro atoms. The third-order valence-corrected chi connectivity index (χ3v) is 4.44. The van der Waals surface area contributed by atoms with E-state index in [0.717, 1.165) is 19.6 Å². The minimum atomic E-state index is 0.309. The van der Waals surface area contributed by atoms with E-state index in [1.165, 1.54) is 23.2 Å². The number of anilines is 1. The summed E-state index contributed by atoms with van der Waals surface area (Å²) in [4.78, 5) is 2.54. The van der Waals surface area contributed by atoms with Crippen LogP contribution in [0.25, 0.3) is 0 Å². The van der Waals surface area contributed by atoms with Gasteiger partial charge in [-0.15, -0.1) is 0 Å². The second-order valence-corrected chi connectivity index (χ2v) is 6.42. The predicted octanol–water partition coefficient (Wildman–Crippen LogP) is 3.11. The van der Waals surface area contributed by atoms with E-state index in [2.05, 4.69) is 50.8 Å². The van der Waals surface area contributed by atoms with E-state index in [0.29, 0.717) is 11.3 Å². The van der Waals surface area contributed by atoms with Crippen LogP contribution in [0.15, 0.2) is 18.2 Å². The van der Waals surface area contributed by atoms with Crippen molar-refractivity contribution in [2.45, 2.75) is 34.1 Å². The Bertz CT molecular complexity index is 423. The highest BCUT2D eigenvalue weighted by molar-refractivity contribution is 5.55. The molecule has 1 aliphatic rings. The van der Waals surface area contributed by atoms with Crippen LogP contribution in [0.4, 0.5) is 5.69 Å². The molecule has 1 unspecified atom stereocenters. The molecule has 1 aromatic carbocycles. The Morgan fingerprint density at radius 1 is 1.33 bits per heavy atom. The van der Waals surface area contributed by atoms with Gasteiger partial charge in [0.25, 0.3) is 0 Å². The van der Waals surface area contributed by atoms with Gasteiger partial charge in [0.15, 0.2) is 0 Å². The number of hydrogen-bond acceptors (Lipinski definition) is 2. The van der Waals surface area contributed by atoms with Gasteiger partial charge in [-0.2, -0.15) is 0 Å². The molecule has 18 heavy (non-hydrogen) atoms. The summed E-state index contributed by atoms with van der Waals surface area (Å²) in [6.07, 6.45) is 1.21. The van der Waals surface area contributed by atoms with Gasteiger partial charge in [0.2, 0.25) is 0 Å². The molecule has 1 aliphatic heterocycles. The molecule has 0 bridgehead atoms. The van der Waals surface area contributed by atoms with Gasteiger partial charge in [-0.3, -0.25) is 0 Å². The Balaban J connectivity index is 2.23. The maximum Gasteiger partial charge on any atom is 0.0398 e. The highest BCUT2D eigenvalue weighted by Gasteiger charge is 2.35. The van der Waals surface area contributed by atoms with E-state index < -0.39 is 0 Å². The molecule has 1 aromatic rings. The van der Waals surface area contributed by atoms with Crippen LogP contribution in [0, 0.1) is 25.2 Å². The zero-order valence-electron chi connectivity index (χ0n) is 12.2. The van der Waals surface area contributed by atoms with E-state index in [1.54, 1.807) is 0 Å². The number of aryl methyl sites for hydroxylation is 2. The van der Waals surface area contributed by atoms with E-state index in [9.17, 15) is 0 Å². The number of benzene rings is 1. The van der Waals surface area contributed by atoms with Gasteiger partial charge >= 0.3 is 0 Å². The first kappa shape index (κ1) is 13.4. The average Bonchev–Trinajstić information content (AvgIpc) is 2.31. The van der Waals surface area contributed by atoms with Crippen molar-refractivity contribution in [3.8, 4) is 0 Å². The van der Waals surface area contributed by atoms with Crippen LogP contribution < -0.4 is 10.6 Å². The molecule has 1 heterocycles. The van der Waals surface area contributed by atoms with Gasteiger partial charge in [-0.05, 0) is 55.3 Å². The molecule has 100 valence electrons. The minimum Gasteiger partial charge on any atom is -0.371 e. The minimum absolute atomic E-state index is 0.309. The molecule has 1 atom stereocenters. The first-order chi connectivity index (χ1) is 8.44. The predicted molar refractivity (Wildman–Crippen MR) is 79.1 cm³/mol. The molecule has 0 aliphatic carbocycles. The lowest BCUT2D eigenvalue weighted by Gasteiger charge is -2.45. The molecule has 2 N–H and O–H groups in total. The van der Waals surface area contributed by atoms with E-state index in [4.69, 9.17) is 5.73 Å². The number of piperidine rings is 1. The summed E-state index contributed by atoms with van der Waals surface area (Å²) < 4.78 is 0. The smallest absolute Gasteiger partial charge is 0.0398 e. The Morgan fingerprint density at radius 3 is 2.67 bits per heavy atom. The van der Waals surface area contributed by atoms with Crippen LogP contribution in [-0.2, 0) is 0 Å². The van der Waals surface area contributed by atoms with Gasteiger partial charge in [-0.1, -0.05) is 26.0 Å². The van der Waals surface area contributed by atoms with E-state index >= 15 is 0 Å². The first-order valence-corrected chi connectivity index (χ1v) is 6.96. The molecule has 0 amide bonds. The zero-order valence-corrected chi connectivity index (χ0v) is 12.2. The van der Waals surface area contributed by atoms with Crippen molar-refractivity contribution in [3.63, 3.8) is 0 Å². The van der Waals surface area contributed by atoms with Crippen LogP contribution in [-0.4, -0.2) is 19.6 Å². The highest BCUT2D eigenvalue weighted by atomic mass is 15.1. The van der Waals surface area contributed by atoms with Gasteiger partial charge in [0.05, 0.1) is 0 Å². The molecule has 1 fully saturated rings. The van der Waals surface area contributed by atoms with Crippen LogP contribution >= 0.6 is 0 Å². The van der Waals surface area contributed by atoms with Gasteiger partial charge in [0, 0.05) is 18.8 Å². The lowest BCUT2D eigenvalue weighted by molar-refractivity contribution is 0.182. The maximum atomic E-state index is 5.90. The van der Waals surface area contributed by atoms with Crippen molar-refractivity contribution < 1.29 is 0 Å². The molecule has 0 radical (unpaired) electrons. The molecule has 2 heteroatoms. The Hall–Kier alpha value is -1.02. The Labute approximate surface area is 111 Å². The van der Waals surface area contributed by atoms with Crippen molar-refractivity contribution in [2.75, 3.05) is 24.5 Å². The Morgan fingerprint density at radius 2 is 2.06 bits per heavy atom. The van der Waals surface area contributed by atoms with Crippen molar-refractivity contribution >= 4 is 5.69 Å². The first-order valence-electron chi connectivity index (χ1n) is 6.96. The van der Waals surface area contributed by atoms with Gasteiger partial charge in [0.1, 0.15) is 0 Å². The number of nitrogens with two attached hydrogens (primary N) is 1. The zero-order chi connectivity index (χ0) is 13.3. The highest BCUT2D eigenvalue weighted by Crippen LogP contribution is 2.37. The summed E-state index contributed by atoms with van der Waals surface area (Å²) in [5.74, 6) is 0.652. The van der Waals surface area contributed by atoms with Crippen LogP contribution in [0.2, 0.25) is 0 Å². The molecule has 0 aromatic heterocycles. The summed E-state index contributed by atoms with van der Waals surface area (Å²) in [5.41, 5.74) is 10.3. The molecular weight excluding hydrogens is 220 g/mol. The Kier molecular flexibility index (Phi) is 3.67. The summed E-state index contributed by atoms with van der Waals surface area (Å²) in [7, 11) is 0. The standard InChI is InChI=1S/C16H26N2/c1-12-5-6-13(2)15(9-12)18-8-7-14(10-17)16(3,4)11-18/h5-6,9,14H,7-8,10-11,17H2,1-4H3. The topological polar surface area (TPSA) is 29.3 Å². The monoisotopic (exact) mass is 246 g/mol. The average molecular weight is 246 g/mol. The van der Waals surface area contributed by atoms with Crippen molar-refractivity contribution in [1.82, 2.24) is 0 Å². The number of nitrogens with zero attached hydrogens (tertiary/aromatic N) is 1. The normalized spacial score (nSPS) is 23.2. The van der Waals surface area contributed by atoms with E-state index in [-0.39, 0.29) is 0 Å². The molecule has 2 nitrogen and oxygen atoms in total. The van der Waals surface area contributed by atoms with Crippen molar-refractivity contribution in [3.05, 3.63) is 29.3 Å².